The lowest BCUT2D eigenvalue weighted by Crippen LogP contribution is -2.24. The summed E-state index contributed by atoms with van der Waals surface area (Å²) in [6.45, 7) is 4.64. The Hall–Kier alpha value is -0.550. The van der Waals surface area contributed by atoms with Crippen LogP contribution in [0.2, 0.25) is 0 Å². The molecule has 19 heavy (non-hydrogen) atoms. The number of alkyl halides is 3. The van der Waals surface area contributed by atoms with Gasteiger partial charge >= 0.3 is 6.18 Å². The van der Waals surface area contributed by atoms with E-state index in [1.54, 1.807) is 0 Å². The second-order valence-electron chi connectivity index (χ2n) is 4.66. The van der Waals surface area contributed by atoms with E-state index in [0.29, 0.717) is 6.54 Å². The molecule has 0 aliphatic heterocycles. The van der Waals surface area contributed by atoms with E-state index in [-0.39, 0.29) is 12.5 Å². The van der Waals surface area contributed by atoms with Gasteiger partial charge in [0.2, 0.25) is 0 Å². The molecule has 0 amide bonds. The van der Waals surface area contributed by atoms with Crippen LogP contribution in [-0.4, -0.2) is 12.7 Å². The topological polar surface area (TPSA) is 12.0 Å². The zero-order chi connectivity index (χ0) is 14.5. The molecule has 0 spiro atoms. The van der Waals surface area contributed by atoms with Gasteiger partial charge in [-0.1, -0.05) is 28.9 Å². The van der Waals surface area contributed by atoms with Gasteiger partial charge in [-0.15, -0.1) is 0 Å². The van der Waals surface area contributed by atoms with Crippen LogP contribution < -0.4 is 5.32 Å². The van der Waals surface area contributed by atoms with Gasteiger partial charge in [-0.25, -0.2) is 0 Å². The van der Waals surface area contributed by atoms with Crippen LogP contribution in [0.15, 0.2) is 22.7 Å². The van der Waals surface area contributed by atoms with Gasteiger partial charge in [0.15, 0.2) is 0 Å². The molecule has 1 unspecified atom stereocenters. The Labute approximate surface area is 120 Å². The highest BCUT2D eigenvalue weighted by molar-refractivity contribution is 9.10. The third kappa shape index (κ3) is 5.95. The van der Waals surface area contributed by atoms with Gasteiger partial charge in [-0.05, 0) is 49.6 Å². The fourth-order valence-electron chi connectivity index (χ4n) is 1.98. The molecule has 0 saturated carbocycles. The number of hydrogen-bond donors (Lipinski definition) is 1. The minimum Gasteiger partial charge on any atom is -0.310 e. The largest absolute Gasteiger partial charge is 0.389 e. The number of nitrogens with one attached hydrogen (secondary N) is 1. The SMILES string of the molecule is CCCNC(CCC(F)(F)F)c1cc(Br)ccc1C. The van der Waals surface area contributed by atoms with E-state index in [1.807, 2.05) is 32.0 Å². The van der Waals surface area contributed by atoms with Gasteiger partial charge in [0, 0.05) is 16.9 Å². The number of benzene rings is 1. The molecular formula is C14H19BrF3N. The molecule has 0 aliphatic carbocycles. The first-order valence-electron chi connectivity index (χ1n) is 6.39. The first-order valence-corrected chi connectivity index (χ1v) is 7.19. The van der Waals surface area contributed by atoms with Gasteiger partial charge in [-0.3, -0.25) is 0 Å². The summed E-state index contributed by atoms with van der Waals surface area (Å²) >= 11 is 3.37. The maximum atomic E-state index is 12.4. The normalized spacial score (nSPS) is 13.6. The van der Waals surface area contributed by atoms with Crippen LogP contribution >= 0.6 is 15.9 Å². The second kappa shape index (κ2) is 7.29. The van der Waals surface area contributed by atoms with Gasteiger partial charge in [0.25, 0.3) is 0 Å². The molecule has 1 rings (SSSR count). The van der Waals surface area contributed by atoms with Crippen molar-refractivity contribution in [2.75, 3.05) is 6.54 Å². The third-order valence-corrected chi connectivity index (χ3v) is 3.47. The fraction of sp³-hybridized carbons (Fsp3) is 0.571. The highest BCUT2D eigenvalue weighted by atomic mass is 79.9. The maximum Gasteiger partial charge on any atom is 0.389 e. The molecule has 0 bridgehead atoms. The lowest BCUT2D eigenvalue weighted by atomic mass is 9.97. The molecular weight excluding hydrogens is 319 g/mol. The smallest absolute Gasteiger partial charge is 0.310 e. The molecule has 1 nitrogen and oxygen atoms in total. The van der Waals surface area contributed by atoms with Crippen LogP contribution in [0.3, 0.4) is 0 Å². The summed E-state index contributed by atoms with van der Waals surface area (Å²) in [5, 5.41) is 3.21. The predicted molar refractivity (Wildman–Crippen MR) is 75.2 cm³/mol. The molecule has 0 fully saturated rings. The van der Waals surface area contributed by atoms with E-state index in [4.69, 9.17) is 0 Å². The van der Waals surface area contributed by atoms with E-state index >= 15 is 0 Å². The van der Waals surface area contributed by atoms with Crippen LogP contribution in [0.25, 0.3) is 0 Å². The zero-order valence-electron chi connectivity index (χ0n) is 11.1. The van der Waals surface area contributed by atoms with Crippen molar-refractivity contribution in [3.63, 3.8) is 0 Å². The van der Waals surface area contributed by atoms with Crippen LogP contribution in [0, 0.1) is 6.92 Å². The van der Waals surface area contributed by atoms with Crippen LogP contribution in [0.5, 0.6) is 0 Å². The molecule has 5 heteroatoms. The van der Waals surface area contributed by atoms with Crippen molar-refractivity contribution in [2.24, 2.45) is 0 Å². The molecule has 1 aromatic carbocycles. The van der Waals surface area contributed by atoms with Crippen molar-refractivity contribution in [1.29, 1.82) is 0 Å². The predicted octanol–water partition coefficient (Wildman–Crippen LogP) is 5.14. The molecule has 0 aliphatic rings. The number of rotatable bonds is 6. The molecule has 1 atom stereocenters. The van der Waals surface area contributed by atoms with Gasteiger partial charge < -0.3 is 5.32 Å². The Balaban J connectivity index is 2.85. The molecule has 0 aromatic heterocycles. The van der Waals surface area contributed by atoms with E-state index in [1.165, 1.54) is 0 Å². The molecule has 0 saturated heterocycles. The number of aryl methyl sites for hydroxylation is 1. The van der Waals surface area contributed by atoms with Crippen LogP contribution in [0.4, 0.5) is 13.2 Å². The highest BCUT2D eigenvalue weighted by Crippen LogP contribution is 2.30. The lowest BCUT2D eigenvalue weighted by Gasteiger charge is -2.22. The Morgan fingerprint density at radius 1 is 1.32 bits per heavy atom. The van der Waals surface area contributed by atoms with Crippen molar-refractivity contribution >= 4 is 15.9 Å². The lowest BCUT2D eigenvalue weighted by molar-refractivity contribution is -0.136. The molecule has 0 heterocycles. The van der Waals surface area contributed by atoms with Crippen molar-refractivity contribution in [3.8, 4) is 0 Å². The molecule has 108 valence electrons. The first kappa shape index (κ1) is 16.5. The van der Waals surface area contributed by atoms with Crippen LogP contribution in [0.1, 0.15) is 43.4 Å². The Morgan fingerprint density at radius 2 is 2.00 bits per heavy atom. The Bertz CT molecular complexity index is 404. The van der Waals surface area contributed by atoms with Crippen molar-refractivity contribution in [3.05, 3.63) is 33.8 Å². The molecule has 1 aromatic rings. The van der Waals surface area contributed by atoms with E-state index in [9.17, 15) is 13.2 Å². The summed E-state index contributed by atoms with van der Waals surface area (Å²) in [7, 11) is 0. The van der Waals surface area contributed by atoms with Crippen LogP contribution in [-0.2, 0) is 0 Å². The maximum absolute atomic E-state index is 12.4. The van der Waals surface area contributed by atoms with Gasteiger partial charge in [0.1, 0.15) is 0 Å². The molecule has 0 radical (unpaired) electrons. The van der Waals surface area contributed by atoms with Gasteiger partial charge in [-0.2, -0.15) is 13.2 Å². The average molecular weight is 338 g/mol. The Morgan fingerprint density at radius 3 is 2.58 bits per heavy atom. The number of hydrogen-bond acceptors (Lipinski definition) is 1. The minimum absolute atomic E-state index is 0.0702. The summed E-state index contributed by atoms with van der Waals surface area (Å²) in [5.74, 6) is 0. The first-order chi connectivity index (χ1) is 8.83. The highest BCUT2D eigenvalue weighted by Gasteiger charge is 2.29. The van der Waals surface area contributed by atoms with Crippen molar-refractivity contribution < 1.29 is 13.2 Å². The summed E-state index contributed by atoms with van der Waals surface area (Å²) in [5.41, 5.74) is 1.95. The minimum atomic E-state index is -4.11. The summed E-state index contributed by atoms with van der Waals surface area (Å²) in [6.07, 6.45) is -3.90. The van der Waals surface area contributed by atoms with E-state index in [2.05, 4.69) is 21.2 Å². The Kier molecular flexibility index (Phi) is 6.33. The second-order valence-corrected chi connectivity index (χ2v) is 5.58. The summed E-state index contributed by atoms with van der Waals surface area (Å²) in [4.78, 5) is 0. The van der Waals surface area contributed by atoms with Crippen molar-refractivity contribution in [1.82, 2.24) is 5.32 Å². The number of halogens is 4. The average Bonchev–Trinajstić information content (AvgIpc) is 2.32. The third-order valence-electron chi connectivity index (χ3n) is 2.97. The van der Waals surface area contributed by atoms with E-state index < -0.39 is 12.6 Å². The zero-order valence-corrected chi connectivity index (χ0v) is 12.7. The standard InChI is InChI=1S/C14H19BrF3N/c1-3-8-19-13(6-7-14(16,17)18)12-9-11(15)5-4-10(12)2/h4-5,9,13,19H,3,6-8H2,1-2H3. The molecule has 1 N–H and O–H groups in total. The summed E-state index contributed by atoms with van der Waals surface area (Å²) in [6, 6.07) is 5.48. The quantitative estimate of drug-likeness (QED) is 0.757. The van der Waals surface area contributed by atoms with Gasteiger partial charge in [0.05, 0.1) is 0 Å². The fourth-order valence-corrected chi connectivity index (χ4v) is 2.36. The monoisotopic (exact) mass is 337 g/mol. The summed E-state index contributed by atoms with van der Waals surface area (Å²) < 4.78 is 38.1. The van der Waals surface area contributed by atoms with Crippen molar-refractivity contribution in [2.45, 2.75) is 45.3 Å². The van der Waals surface area contributed by atoms with E-state index in [0.717, 1.165) is 22.0 Å².